The fourth-order valence-electron chi connectivity index (χ4n) is 3.63. The molecule has 0 aromatic carbocycles. The maximum Gasteiger partial charge on any atom is 0.254 e. The number of rotatable bonds is 3. The lowest BCUT2D eigenvalue weighted by molar-refractivity contribution is -0.126. The Morgan fingerprint density at radius 3 is 2.50 bits per heavy atom. The number of nitrogens with one attached hydrogen (secondary N) is 1. The molecule has 1 aliphatic heterocycles. The first-order chi connectivity index (χ1) is 11.6. The minimum atomic E-state index is -0.0173. The van der Waals surface area contributed by atoms with Crippen LogP contribution in [0.5, 0.6) is 0 Å². The molecule has 2 fully saturated rings. The molecule has 6 heteroatoms. The van der Waals surface area contributed by atoms with Crippen LogP contribution in [0.25, 0.3) is 0 Å². The molecule has 1 N–H and O–H groups in total. The molecule has 0 spiro atoms. The maximum absolute atomic E-state index is 12.5. The summed E-state index contributed by atoms with van der Waals surface area (Å²) in [5.41, 5.74) is 0.569. The Balaban J connectivity index is 1.48. The van der Waals surface area contributed by atoms with Crippen LogP contribution in [0.15, 0.2) is 18.3 Å². The van der Waals surface area contributed by atoms with Gasteiger partial charge in [-0.25, -0.2) is 4.98 Å². The molecule has 1 saturated heterocycles. The summed E-state index contributed by atoms with van der Waals surface area (Å²) in [4.78, 5) is 30.5. The van der Waals surface area contributed by atoms with Gasteiger partial charge in [0.2, 0.25) is 5.91 Å². The molecule has 24 heavy (non-hydrogen) atoms. The molecule has 1 aromatic heterocycles. The van der Waals surface area contributed by atoms with Crippen molar-refractivity contribution in [2.24, 2.45) is 5.92 Å². The van der Waals surface area contributed by atoms with Crippen molar-refractivity contribution in [2.45, 2.75) is 51.0 Å². The molecular weight excluding hydrogens is 326 g/mol. The molecule has 2 heterocycles. The number of aromatic nitrogens is 1. The number of hydrogen-bond acceptors (Lipinski definition) is 3. The summed E-state index contributed by atoms with van der Waals surface area (Å²) in [5, 5.41) is 3.52. The van der Waals surface area contributed by atoms with E-state index in [9.17, 15) is 9.59 Å². The van der Waals surface area contributed by atoms with Crippen LogP contribution >= 0.6 is 11.6 Å². The van der Waals surface area contributed by atoms with Gasteiger partial charge in [-0.05, 0) is 37.8 Å². The van der Waals surface area contributed by atoms with E-state index in [4.69, 9.17) is 11.6 Å². The van der Waals surface area contributed by atoms with E-state index in [2.05, 4.69) is 10.3 Å². The van der Waals surface area contributed by atoms with Crippen molar-refractivity contribution in [1.82, 2.24) is 15.2 Å². The van der Waals surface area contributed by atoms with Gasteiger partial charge in [-0.15, -0.1) is 0 Å². The largest absolute Gasteiger partial charge is 0.353 e. The molecule has 1 aliphatic carbocycles. The third-order valence-corrected chi connectivity index (χ3v) is 5.28. The second-order valence-electron chi connectivity index (χ2n) is 6.78. The zero-order valence-corrected chi connectivity index (χ0v) is 14.6. The second-order valence-corrected chi connectivity index (χ2v) is 7.16. The summed E-state index contributed by atoms with van der Waals surface area (Å²) in [6, 6.07) is 3.47. The zero-order valence-electron chi connectivity index (χ0n) is 13.8. The number of carbonyl (C=O) groups excluding carboxylic acids is 2. The first-order valence-electron chi connectivity index (χ1n) is 8.84. The molecule has 2 aliphatic rings. The average molecular weight is 350 g/mol. The van der Waals surface area contributed by atoms with Crippen LogP contribution in [-0.4, -0.2) is 40.8 Å². The third-order valence-electron chi connectivity index (χ3n) is 5.08. The van der Waals surface area contributed by atoms with Gasteiger partial charge in [0.1, 0.15) is 5.15 Å². The SMILES string of the molecule is O=C(NC1CCN(C(=O)c2ccnc(Cl)c2)CC1)C1CCCCC1. The van der Waals surface area contributed by atoms with Crippen molar-refractivity contribution in [1.29, 1.82) is 0 Å². The van der Waals surface area contributed by atoms with Crippen molar-refractivity contribution in [3.8, 4) is 0 Å². The number of nitrogens with zero attached hydrogens (tertiary/aromatic N) is 2. The molecule has 0 atom stereocenters. The lowest BCUT2D eigenvalue weighted by atomic mass is 9.88. The smallest absolute Gasteiger partial charge is 0.254 e. The van der Waals surface area contributed by atoms with Gasteiger partial charge in [-0.2, -0.15) is 0 Å². The van der Waals surface area contributed by atoms with E-state index in [-0.39, 0.29) is 23.8 Å². The van der Waals surface area contributed by atoms with Gasteiger partial charge in [-0.3, -0.25) is 9.59 Å². The van der Waals surface area contributed by atoms with Gasteiger partial charge in [0.25, 0.3) is 5.91 Å². The number of hydrogen-bond donors (Lipinski definition) is 1. The molecule has 1 aromatic rings. The molecule has 130 valence electrons. The maximum atomic E-state index is 12.5. The topological polar surface area (TPSA) is 62.3 Å². The monoisotopic (exact) mass is 349 g/mol. The van der Waals surface area contributed by atoms with Crippen LogP contribution in [0.2, 0.25) is 5.15 Å². The second kappa shape index (κ2) is 7.97. The molecule has 5 nitrogen and oxygen atoms in total. The standard InChI is InChI=1S/C18H24ClN3O2/c19-16-12-14(6-9-20-16)18(24)22-10-7-15(8-11-22)21-17(23)13-4-2-1-3-5-13/h6,9,12-13,15H,1-5,7-8,10-11H2,(H,21,23). The summed E-state index contributed by atoms with van der Waals surface area (Å²) in [6.07, 6.45) is 8.79. The predicted octanol–water partition coefficient (Wildman–Crippen LogP) is 3.04. The minimum absolute atomic E-state index is 0.0173. The number of carbonyl (C=O) groups is 2. The Morgan fingerprint density at radius 2 is 1.83 bits per heavy atom. The number of pyridine rings is 1. The molecule has 2 amide bonds. The number of amides is 2. The van der Waals surface area contributed by atoms with Crippen molar-refractivity contribution in [2.75, 3.05) is 13.1 Å². The minimum Gasteiger partial charge on any atom is -0.353 e. The normalized spacial score (nSPS) is 20.0. The summed E-state index contributed by atoms with van der Waals surface area (Å²) >= 11 is 5.85. The molecule has 3 rings (SSSR count). The van der Waals surface area contributed by atoms with Gasteiger partial charge in [0.05, 0.1) is 0 Å². The summed E-state index contributed by atoms with van der Waals surface area (Å²) in [6.45, 7) is 1.32. The Bertz CT molecular complexity index is 594. The van der Waals surface area contributed by atoms with Crippen LogP contribution in [0.1, 0.15) is 55.3 Å². The van der Waals surface area contributed by atoms with Crippen molar-refractivity contribution in [3.05, 3.63) is 29.0 Å². The van der Waals surface area contributed by atoms with E-state index in [0.29, 0.717) is 23.8 Å². The van der Waals surface area contributed by atoms with Crippen LogP contribution in [0.4, 0.5) is 0 Å². The summed E-state index contributed by atoms with van der Waals surface area (Å²) in [7, 11) is 0. The molecule has 0 radical (unpaired) electrons. The van der Waals surface area contributed by atoms with Crippen LogP contribution in [-0.2, 0) is 4.79 Å². The zero-order chi connectivity index (χ0) is 16.9. The fraction of sp³-hybridized carbons (Fsp3) is 0.611. The lowest BCUT2D eigenvalue weighted by Crippen LogP contribution is -2.48. The molecule has 1 saturated carbocycles. The Hall–Kier alpha value is -1.62. The van der Waals surface area contributed by atoms with Gasteiger partial charge in [0.15, 0.2) is 0 Å². The highest BCUT2D eigenvalue weighted by molar-refractivity contribution is 6.29. The van der Waals surface area contributed by atoms with Crippen LogP contribution in [0.3, 0.4) is 0 Å². The quantitative estimate of drug-likeness (QED) is 0.853. The van der Waals surface area contributed by atoms with E-state index in [0.717, 1.165) is 25.7 Å². The molecule has 0 unspecified atom stereocenters. The number of halogens is 1. The van der Waals surface area contributed by atoms with Crippen LogP contribution in [0, 0.1) is 5.92 Å². The third kappa shape index (κ3) is 4.26. The number of piperidine rings is 1. The highest BCUT2D eigenvalue weighted by atomic mass is 35.5. The Morgan fingerprint density at radius 1 is 1.12 bits per heavy atom. The van der Waals surface area contributed by atoms with Gasteiger partial charge < -0.3 is 10.2 Å². The molecular formula is C18H24ClN3O2. The van der Waals surface area contributed by atoms with E-state index >= 15 is 0 Å². The Labute approximate surface area is 147 Å². The van der Waals surface area contributed by atoms with E-state index in [1.165, 1.54) is 19.3 Å². The fourth-order valence-corrected chi connectivity index (χ4v) is 3.80. The van der Waals surface area contributed by atoms with Gasteiger partial charge in [0, 0.05) is 36.8 Å². The average Bonchev–Trinajstić information content (AvgIpc) is 2.62. The van der Waals surface area contributed by atoms with Crippen LogP contribution < -0.4 is 5.32 Å². The summed E-state index contributed by atoms with van der Waals surface area (Å²) in [5.74, 6) is 0.383. The highest BCUT2D eigenvalue weighted by Gasteiger charge is 2.27. The molecule has 0 bridgehead atoms. The van der Waals surface area contributed by atoms with E-state index < -0.39 is 0 Å². The predicted molar refractivity (Wildman–Crippen MR) is 92.9 cm³/mol. The first kappa shape index (κ1) is 17.2. The van der Waals surface area contributed by atoms with E-state index in [1.54, 1.807) is 18.3 Å². The van der Waals surface area contributed by atoms with Gasteiger partial charge in [-0.1, -0.05) is 30.9 Å². The Kier molecular flexibility index (Phi) is 5.72. The lowest BCUT2D eigenvalue weighted by Gasteiger charge is -2.33. The first-order valence-corrected chi connectivity index (χ1v) is 9.22. The van der Waals surface area contributed by atoms with Crippen molar-refractivity contribution >= 4 is 23.4 Å². The van der Waals surface area contributed by atoms with E-state index in [1.807, 2.05) is 4.90 Å². The highest BCUT2D eigenvalue weighted by Crippen LogP contribution is 2.24. The van der Waals surface area contributed by atoms with Gasteiger partial charge >= 0.3 is 0 Å². The van der Waals surface area contributed by atoms with Crippen molar-refractivity contribution in [3.63, 3.8) is 0 Å². The number of likely N-dealkylation sites (tertiary alicyclic amines) is 1. The summed E-state index contributed by atoms with van der Waals surface area (Å²) < 4.78 is 0. The van der Waals surface area contributed by atoms with Crippen molar-refractivity contribution < 1.29 is 9.59 Å².